The highest BCUT2D eigenvalue weighted by molar-refractivity contribution is 6.03. The van der Waals surface area contributed by atoms with Crippen LogP contribution in [0.2, 0.25) is 0 Å². The third-order valence-electron chi connectivity index (χ3n) is 3.67. The molecule has 0 saturated carbocycles. The SMILES string of the molecule is CCCC(Cc1ccccc1)(C(=O)OC(C)=O)/C(=C/C(=O)O)C(=O)O. The van der Waals surface area contributed by atoms with Crippen LogP contribution >= 0.6 is 0 Å². The van der Waals surface area contributed by atoms with Crippen molar-refractivity contribution >= 4 is 23.9 Å². The maximum atomic E-state index is 12.7. The normalized spacial score (nSPS) is 13.6. The van der Waals surface area contributed by atoms with Crippen molar-refractivity contribution in [1.82, 2.24) is 0 Å². The van der Waals surface area contributed by atoms with Crippen LogP contribution in [0.25, 0.3) is 0 Å². The van der Waals surface area contributed by atoms with E-state index < -0.39 is 34.9 Å². The topological polar surface area (TPSA) is 118 Å². The summed E-state index contributed by atoms with van der Waals surface area (Å²) < 4.78 is 4.68. The number of benzene rings is 1. The molecule has 134 valence electrons. The van der Waals surface area contributed by atoms with Crippen molar-refractivity contribution in [2.75, 3.05) is 0 Å². The standard InChI is InChI=1S/C18H20O7/c1-3-9-18(17(24)25-12(2)19,11-13-7-5-4-6-8-13)14(16(22)23)10-15(20)21/h4-8,10H,3,9,11H2,1-2H3,(H,20,21)(H,22,23)/b14-10+. The molecule has 0 aliphatic carbocycles. The smallest absolute Gasteiger partial charge is 0.333 e. The minimum absolute atomic E-state index is 0.0133. The summed E-state index contributed by atoms with van der Waals surface area (Å²) >= 11 is 0. The first-order valence-electron chi connectivity index (χ1n) is 7.68. The lowest BCUT2D eigenvalue weighted by Crippen LogP contribution is -2.41. The molecule has 0 aromatic heterocycles. The fraction of sp³-hybridized carbons (Fsp3) is 0.333. The quantitative estimate of drug-likeness (QED) is 0.420. The Bertz CT molecular complexity index is 691. The molecule has 2 N–H and O–H groups in total. The Hall–Kier alpha value is -2.96. The van der Waals surface area contributed by atoms with E-state index in [9.17, 15) is 24.3 Å². The summed E-state index contributed by atoms with van der Waals surface area (Å²) in [5.74, 6) is -5.01. The van der Waals surface area contributed by atoms with Gasteiger partial charge in [-0.05, 0) is 18.4 Å². The number of carboxylic acid groups (broad SMARTS) is 2. The number of carboxylic acids is 2. The number of rotatable bonds is 8. The molecule has 7 nitrogen and oxygen atoms in total. The molecule has 0 fully saturated rings. The van der Waals surface area contributed by atoms with Crippen LogP contribution in [0.15, 0.2) is 42.0 Å². The highest BCUT2D eigenvalue weighted by Crippen LogP contribution is 2.38. The first-order chi connectivity index (χ1) is 11.7. The summed E-state index contributed by atoms with van der Waals surface area (Å²) in [6.07, 6.45) is 0.783. The van der Waals surface area contributed by atoms with Crippen LogP contribution in [-0.4, -0.2) is 34.1 Å². The molecule has 7 heteroatoms. The van der Waals surface area contributed by atoms with E-state index in [1.807, 2.05) is 0 Å². The van der Waals surface area contributed by atoms with Crippen LogP contribution in [0.3, 0.4) is 0 Å². The molecule has 0 aliphatic rings. The van der Waals surface area contributed by atoms with E-state index in [1.165, 1.54) is 0 Å². The Morgan fingerprint density at radius 1 is 1.12 bits per heavy atom. The van der Waals surface area contributed by atoms with Crippen molar-refractivity contribution in [3.63, 3.8) is 0 Å². The molecule has 1 rings (SSSR count). The first-order valence-corrected chi connectivity index (χ1v) is 7.68. The van der Waals surface area contributed by atoms with Crippen LogP contribution < -0.4 is 0 Å². The predicted octanol–water partition coefficient (Wildman–Crippen LogP) is 2.20. The monoisotopic (exact) mass is 348 g/mol. The van der Waals surface area contributed by atoms with Crippen LogP contribution in [0, 0.1) is 5.41 Å². The lowest BCUT2D eigenvalue weighted by atomic mass is 9.71. The molecule has 0 saturated heterocycles. The fourth-order valence-electron chi connectivity index (χ4n) is 2.73. The summed E-state index contributed by atoms with van der Waals surface area (Å²) in [4.78, 5) is 46.7. The zero-order chi connectivity index (χ0) is 19.0. The van der Waals surface area contributed by atoms with Gasteiger partial charge < -0.3 is 14.9 Å². The zero-order valence-electron chi connectivity index (χ0n) is 14.0. The number of hydrogen-bond acceptors (Lipinski definition) is 5. The Morgan fingerprint density at radius 3 is 2.16 bits per heavy atom. The maximum Gasteiger partial charge on any atom is 0.333 e. The van der Waals surface area contributed by atoms with Gasteiger partial charge in [0.05, 0.1) is 5.57 Å². The summed E-state index contributed by atoms with van der Waals surface area (Å²) in [6.45, 7) is 2.75. The van der Waals surface area contributed by atoms with Crippen LogP contribution in [-0.2, 0) is 30.3 Å². The average Bonchev–Trinajstić information content (AvgIpc) is 2.52. The van der Waals surface area contributed by atoms with E-state index >= 15 is 0 Å². The van der Waals surface area contributed by atoms with Crippen molar-refractivity contribution in [2.24, 2.45) is 5.41 Å². The third kappa shape index (κ3) is 5.27. The average molecular weight is 348 g/mol. The molecule has 0 aliphatic heterocycles. The van der Waals surface area contributed by atoms with Crippen molar-refractivity contribution in [2.45, 2.75) is 33.1 Å². The van der Waals surface area contributed by atoms with Crippen LogP contribution in [0.4, 0.5) is 0 Å². The van der Waals surface area contributed by atoms with Crippen LogP contribution in [0.1, 0.15) is 32.3 Å². The summed E-state index contributed by atoms with van der Waals surface area (Å²) in [5, 5.41) is 18.6. The maximum absolute atomic E-state index is 12.7. The van der Waals surface area contributed by atoms with Gasteiger partial charge in [0.1, 0.15) is 5.41 Å². The summed E-state index contributed by atoms with van der Waals surface area (Å²) in [6, 6.07) is 8.55. The minimum Gasteiger partial charge on any atom is -0.478 e. The highest BCUT2D eigenvalue weighted by atomic mass is 16.6. The Labute approximate surface area is 144 Å². The molecular weight excluding hydrogens is 328 g/mol. The van der Waals surface area contributed by atoms with Crippen molar-refractivity contribution in [3.8, 4) is 0 Å². The predicted molar refractivity (Wildman–Crippen MR) is 87.6 cm³/mol. The van der Waals surface area contributed by atoms with Crippen molar-refractivity contribution in [3.05, 3.63) is 47.5 Å². The minimum atomic E-state index is -1.79. The molecule has 0 heterocycles. The molecule has 1 aromatic carbocycles. The van der Waals surface area contributed by atoms with Gasteiger partial charge >= 0.3 is 23.9 Å². The molecule has 1 unspecified atom stereocenters. The zero-order valence-corrected chi connectivity index (χ0v) is 14.0. The number of carbonyl (C=O) groups is 4. The number of carbonyl (C=O) groups excluding carboxylic acids is 2. The number of ether oxygens (including phenoxy) is 1. The van der Waals surface area contributed by atoms with Gasteiger partial charge in [0, 0.05) is 13.0 Å². The molecule has 0 amide bonds. The molecule has 0 spiro atoms. The van der Waals surface area contributed by atoms with E-state index in [0.717, 1.165) is 6.92 Å². The van der Waals surface area contributed by atoms with Gasteiger partial charge in [-0.15, -0.1) is 0 Å². The second-order valence-corrected chi connectivity index (χ2v) is 5.58. The molecule has 1 atom stereocenters. The van der Waals surface area contributed by atoms with Gasteiger partial charge in [-0.3, -0.25) is 9.59 Å². The van der Waals surface area contributed by atoms with Gasteiger partial charge in [-0.25, -0.2) is 9.59 Å². The summed E-state index contributed by atoms with van der Waals surface area (Å²) in [5.41, 5.74) is -1.78. The van der Waals surface area contributed by atoms with Gasteiger partial charge in [-0.2, -0.15) is 0 Å². The molecule has 0 bridgehead atoms. The van der Waals surface area contributed by atoms with Gasteiger partial charge in [0.2, 0.25) is 0 Å². The van der Waals surface area contributed by atoms with E-state index in [1.54, 1.807) is 37.3 Å². The van der Waals surface area contributed by atoms with E-state index in [0.29, 0.717) is 18.1 Å². The lowest BCUT2D eigenvalue weighted by Gasteiger charge is -2.31. The Balaban J connectivity index is 3.58. The lowest BCUT2D eigenvalue weighted by molar-refractivity contribution is -0.166. The second kappa shape index (κ2) is 8.77. The first kappa shape index (κ1) is 20.1. The third-order valence-corrected chi connectivity index (χ3v) is 3.67. The number of aliphatic carboxylic acids is 2. The Morgan fingerprint density at radius 2 is 1.72 bits per heavy atom. The van der Waals surface area contributed by atoms with E-state index in [4.69, 9.17) is 5.11 Å². The molecule has 0 radical (unpaired) electrons. The second-order valence-electron chi connectivity index (χ2n) is 5.58. The van der Waals surface area contributed by atoms with E-state index in [-0.39, 0.29) is 12.8 Å². The van der Waals surface area contributed by atoms with Crippen LogP contribution in [0.5, 0.6) is 0 Å². The van der Waals surface area contributed by atoms with Crippen molar-refractivity contribution in [1.29, 1.82) is 0 Å². The van der Waals surface area contributed by atoms with Crippen molar-refractivity contribution < 1.29 is 34.1 Å². The molecule has 25 heavy (non-hydrogen) atoms. The number of hydrogen-bond donors (Lipinski definition) is 2. The van der Waals surface area contributed by atoms with Gasteiger partial charge in [-0.1, -0.05) is 43.7 Å². The van der Waals surface area contributed by atoms with Gasteiger partial charge in [0.15, 0.2) is 0 Å². The highest BCUT2D eigenvalue weighted by Gasteiger charge is 2.47. The molecule has 1 aromatic rings. The Kier molecular flexibility index (Phi) is 7.05. The fourth-order valence-corrected chi connectivity index (χ4v) is 2.73. The summed E-state index contributed by atoms with van der Waals surface area (Å²) in [7, 11) is 0. The van der Waals surface area contributed by atoms with Gasteiger partial charge in [0.25, 0.3) is 0 Å². The van der Waals surface area contributed by atoms with E-state index in [2.05, 4.69) is 4.74 Å². The number of esters is 2. The molecular formula is C18H20O7. The largest absolute Gasteiger partial charge is 0.478 e.